The third-order valence-electron chi connectivity index (χ3n) is 2.04. The van der Waals surface area contributed by atoms with E-state index in [0.717, 1.165) is 17.4 Å². The Hall–Kier alpha value is -1.90. The predicted octanol–water partition coefficient (Wildman–Crippen LogP) is 1.96. The summed E-state index contributed by atoms with van der Waals surface area (Å²) in [4.78, 5) is 21.3. The van der Waals surface area contributed by atoms with E-state index >= 15 is 0 Å². The van der Waals surface area contributed by atoms with Crippen LogP contribution in [-0.2, 0) is 4.79 Å². The number of nitrogens with one attached hydrogen (secondary N) is 1. The van der Waals surface area contributed by atoms with Crippen molar-refractivity contribution in [3.63, 3.8) is 0 Å². The van der Waals surface area contributed by atoms with Crippen molar-refractivity contribution in [3.05, 3.63) is 41.0 Å². The highest BCUT2D eigenvalue weighted by Crippen LogP contribution is 2.09. The third kappa shape index (κ3) is 4.09. The first-order valence-electron chi connectivity index (χ1n) is 5.09. The van der Waals surface area contributed by atoms with Crippen LogP contribution < -0.4 is 5.32 Å². The summed E-state index contributed by atoms with van der Waals surface area (Å²) in [6.45, 7) is 3.92. The van der Waals surface area contributed by atoms with Gasteiger partial charge in [0.05, 0.1) is 0 Å². The van der Waals surface area contributed by atoms with Crippen molar-refractivity contribution < 1.29 is 9.59 Å². The molecule has 0 fully saturated rings. The number of benzene rings is 1. The van der Waals surface area contributed by atoms with Gasteiger partial charge >= 0.3 is 0 Å². The monoisotopic (exact) mass is 217 g/mol. The number of aldehydes is 1. The van der Waals surface area contributed by atoms with E-state index in [1.165, 1.54) is 6.92 Å². The van der Waals surface area contributed by atoms with E-state index in [0.29, 0.717) is 12.1 Å². The van der Waals surface area contributed by atoms with Crippen LogP contribution in [0.3, 0.4) is 0 Å². The molecule has 0 aromatic heterocycles. The maximum Gasteiger partial charge on any atom is 0.217 e. The molecule has 1 N–H and O–H groups in total. The summed E-state index contributed by atoms with van der Waals surface area (Å²) < 4.78 is 0. The molecule has 0 aliphatic rings. The van der Waals surface area contributed by atoms with E-state index in [4.69, 9.17) is 0 Å². The summed E-state index contributed by atoms with van der Waals surface area (Å²) in [7, 11) is 0. The average Bonchev–Trinajstić information content (AvgIpc) is 2.23. The van der Waals surface area contributed by atoms with Gasteiger partial charge in [-0.25, -0.2) is 0 Å². The van der Waals surface area contributed by atoms with Crippen LogP contribution in [0.5, 0.6) is 0 Å². The summed E-state index contributed by atoms with van der Waals surface area (Å²) in [5.74, 6) is -0.0533. The maximum atomic E-state index is 10.6. The minimum atomic E-state index is -0.0533. The molecular formula is C13H15NO2. The molecule has 84 valence electrons. The minimum absolute atomic E-state index is 0.0533. The second-order valence-electron chi connectivity index (χ2n) is 3.63. The van der Waals surface area contributed by atoms with Gasteiger partial charge in [-0.1, -0.05) is 18.2 Å². The number of carbonyl (C=O) groups excluding carboxylic acids is 2. The van der Waals surface area contributed by atoms with Gasteiger partial charge in [0.2, 0.25) is 5.91 Å². The molecule has 1 aromatic rings. The quantitative estimate of drug-likeness (QED) is 0.783. The van der Waals surface area contributed by atoms with Crippen LogP contribution in [-0.4, -0.2) is 18.7 Å². The Morgan fingerprint density at radius 2 is 2.00 bits per heavy atom. The van der Waals surface area contributed by atoms with Gasteiger partial charge in [0.25, 0.3) is 0 Å². The molecule has 16 heavy (non-hydrogen) atoms. The van der Waals surface area contributed by atoms with Crippen LogP contribution in [0.4, 0.5) is 0 Å². The molecule has 1 aromatic carbocycles. The van der Waals surface area contributed by atoms with Gasteiger partial charge in [0, 0.05) is 19.0 Å². The van der Waals surface area contributed by atoms with Crippen molar-refractivity contribution in [2.45, 2.75) is 13.8 Å². The molecule has 0 spiro atoms. The van der Waals surface area contributed by atoms with E-state index in [-0.39, 0.29) is 5.91 Å². The first-order valence-corrected chi connectivity index (χ1v) is 5.09. The number of aryl methyl sites for hydroxylation is 1. The fourth-order valence-corrected chi connectivity index (χ4v) is 1.41. The molecule has 0 saturated heterocycles. The van der Waals surface area contributed by atoms with Gasteiger partial charge in [0.1, 0.15) is 6.29 Å². The lowest BCUT2D eigenvalue weighted by molar-refractivity contribution is -0.118. The largest absolute Gasteiger partial charge is 0.353 e. The second kappa shape index (κ2) is 5.85. The molecular weight excluding hydrogens is 202 g/mol. The Kier molecular flexibility index (Phi) is 4.45. The summed E-state index contributed by atoms with van der Waals surface area (Å²) >= 11 is 0. The van der Waals surface area contributed by atoms with Crippen LogP contribution >= 0.6 is 0 Å². The SMILES string of the molecule is CC(=O)NCC=Cc1cc(C)cc(C=O)c1. The Morgan fingerprint density at radius 3 is 2.62 bits per heavy atom. The van der Waals surface area contributed by atoms with Crippen molar-refractivity contribution >= 4 is 18.3 Å². The zero-order chi connectivity index (χ0) is 12.0. The molecule has 0 radical (unpaired) electrons. The van der Waals surface area contributed by atoms with Gasteiger partial charge in [-0.2, -0.15) is 0 Å². The number of hydrogen-bond donors (Lipinski definition) is 1. The predicted molar refractivity (Wildman–Crippen MR) is 64.3 cm³/mol. The Labute approximate surface area is 95.2 Å². The van der Waals surface area contributed by atoms with E-state index in [9.17, 15) is 9.59 Å². The van der Waals surface area contributed by atoms with Gasteiger partial charge in [0.15, 0.2) is 0 Å². The first-order chi connectivity index (χ1) is 7.61. The summed E-state index contributed by atoms with van der Waals surface area (Å²) in [6, 6.07) is 5.62. The lowest BCUT2D eigenvalue weighted by atomic mass is 10.1. The molecule has 1 amide bonds. The molecule has 0 atom stereocenters. The van der Waals surface area contributed by atoms with E-state index in [1.807, 2.05) is 37.3 Å². The summed E-state index contributed by atoms with van der Waals surface area (Å²) in [5, 5.41) is 2.66. The lowest BCUT2D eigenvalue weighted by Gasteiger charge is -1.99. The molecule has 0 heterocycles. The van der Waals surface area contributed by atoms with Crippen molar-refractivity contribution in [2.24, 2.45) is 0 Å². The Balaban J connectivity index is 2.69. The second-order valence-corrected chi connectivity index (χ2v) is 3.63. The van der Waals surface area contributed by atoms with Crippen molar-refractivity contribution in [3.8, 4) is 0 Å². The molecule has 0 aliphatic carbocycles. The zero-order valence-electron chi connectivity index (χ0n) is 9.49. The summed E-state index contributed by atoms with van der Waals surface area (Å²) in [5.41, 5.74) is 2.68. The molecule has 0 bridgehead atoms. The van der Waals surface area contributed by atoms with Crippen LogP contribution in [0.2, 0.25) is 0 Å². The van der Waals surface area contributed by atoms with E-state index in [1.54, 1.807) is 0 Å². The molecule has 3 nitrogen and oxygen atoms in total. The number of carbonyl (C=O) groups is 2. The Morgan fingerprint density at radius 1 is 1.31 bits per heavy atom. The Bertz CT molecular complexity index is 422. The van der Waals surface area contributed by atoms with Crippen molar-refractivity contribution in [1.29, 1.82) is 0 Å². The number of amides is 1. The summed E-state index contributed by atoms with van der Waals surface area (Å²) in [6.07, 6.45) is 4.57. The van der Waals surface area contributed by atoms with Gasteiger partial charge in [-0.3, -0.25) is 9.59 Å². The van der Waals surface area contributed by atoms with Gasteiger partial charge in [-0.15, -0.1) is 0 Å². The van der Waals surface area contributed by atoms with Gasteiger partial charge < -0.3 is 5.32 Å². The normalized spacial score (nSPS) is 10.4. The molecule has 3 heteroatoms. The van der Waals surface area contributed by atoms with Crippen LogP contribution in [0.15, 0.2) is 24.3 Å². The highest BCUT2D eigenvalue weighted by atomic mass is 16.1. The molecule has 0 unspecified atom stereocenters. The van der Waals surface area contributed by atoms with Gasteiger partial charge in [-0.05, 0) is 30.2 Å². The first kappa shape index (κ1) is 12.2. The maximum absolute atomic E-state index is 10.6. The topological polar surface area (TPSA) is 46.2 Å². The molecule has 1 rings (SSSR count). The average molecular weight is 217 g/mol. The number of rotatable bonds is 4. The van der Waals surface area contributed by atoms with Crippen molar-refractivity contribution in [1.82, 2.24) is 5.32 Å². The standard InChI is InChI=1S/C13H15NO2/c1-10-6-12(8-13(7-10)9-15)4-3-5-14-11(2)16/h3-4,6-9H,5H2,1-2H3,(H,14,16). The van der Waals surface area contributed by atoms with Crippen LogP contribution in [0, 0.1) is 6.92 Å². The zero-order valence-corrected chi connectivity index (χ0v) is 9.49. The smallest absolute Gasteiger partial charge is 0.217 e. The molecule has 0 aliphatic heterocycles. The molecule has 0 saturated carbocycles. The third-order valence-corrected chi connectivity index (χ3v) is 2.04. The fraction of sp³-hybridized carbons (Fsp3) is 0.231. The number of hydrogen-bond acceptors (Lipinski definition) is 2. The van der Waals surface area contributed by atoms with Crippen LogP contribution in [0.25, 0.3) is 6.08 Å². The van der Waals surface area contributed by atoms with Crippen LogP contribution in [0.1, 0.15) is 28.4 Å². The fourth-order valence-electron chi connectivity index (χ4n) is 1.41. The highest BCUT2D eigenvalue weighted by Gasteiger charge is 1.94. The highest BCUT2D eigenvalue weighted by molar-refractivity contribution is 5.77. The van der Waals surface area contributed by atoms with E-state index in [2.05, 4.69) is 5.32 Å². The van der Waals surface area contributed by atoms with E-state index < -0.39 is 0 Å². The minimum Gasteiger partial charge on any atom is -0.353 e. The lowest BCUT2D eigenvalue weighted by Crippen LogP contribution is -2.19. The van der Waals surface area contributed by atoms with Crippen molar-refractivity contribution in [2.75, 3.05) is 6.54 Å².